The van der Waals surface area contributed by atoms with E-state index < -0.39 is 35.3 Å². The van der Waals surface area contributed by atoms with E-state index in [1.165, 1.54) is 24.1 Å². The Morgan fingerprint density at radius 1 is 1.48 bits per heavy atom. The highest BCUT2D eigenvalue weighted by Gasteiger charge is 2.34. The number of carbonyl (C=O) groups is 1. The molecule has 1 unspecified atom stereocenters. The van der Waals surface area contributed by atoms with Crippen molar-refractivity contribution in [2.24, 2.45) is 5.73 Å². The number of alkyl halides is 3. The van der Waals surface area contributed by atoms with Crippen LogP contribution in [-0.4, -0.2) is 35.6 Å². The van der Waals surface area contributed by atoms with Crippen LogP contribution in [0.4, 0.5) is 13.2 Å². The van der Waals surface area contributed by atoms with Crippen LogP contribution in [0, 0.1) is 0 Å². The molecule has 0 saturated carbocycles. The number of hydrogen-bond acceptors (Lipinski definition) is 3. The molecule has 9 heteroatoms. The fraction of sp³-hybridized carbons (Fsp3) is 0.417. The summed E-state index contributed by atoms with van der Waals surface area (Å²) in [5.41, 5.74) is 4.34. The number of amides is 1. The van der Waals surface area contributed by atoms with Crippen LogP contribution in [0.1, 0.15) is 11.1 Å². The van der Waals surface area contributed by atoms with Crippen molar-refractivity contribution in [1.29, 1.82) is 0 Å². The van der Waals surface area contributed by atoms with E-state index in [0.29, 0.717) is 0 Å². The van der Waals surface area contributed by atoms with Crippen LogP contribution >= 0.6 is 24.0 Å². The molecular weight excluding hydrogens is 332 g/mol. The lowest BCUT2D eigenvalue weighted by atomic mass is 10.1. The van der Waals surface area contributed by atoms with Crippen LogP contribution in [0.15, 0.2) is 18.2 Å². The minimum atomic E-state index is -4.55. The van der Waals surface area contributed by atoms with Gasteiger partial charge < -0.3 is 10.8 Å². The Labute approximate surface area is 131 Å². The van der Waals surface area contributed by atoms with Crippen LogP contribution in [0.5, 0.6) is 0 Å². The van der Waals surface area contributed by atoms with E-state index in [9.17, 15) is 18.0 Å². The average molecular weight is 347 g/mol. The Morgan fingerprint density at radius 3 is 2.48 bits per heavy atom. The summed E-state index contributed by atoms with van der Waals surface area (Å²) >= 11 is 5.74. The predicted molar refractivity (Wildman–Crippen MR) is 75.2 cm³/mol. The molecule has 1 amide bonds. The van der Waals surface area contributed by atoms with Gasteiger partial charge in [0.25, 0.3) is 0 Å². The molecule has 0 fully saturated rings. The molecule has 0 aliphatic heterocycles. The van der Waals surface area contributed by atoms with Crippen molar-refractivity contribution < 1.29 is 23.1 Å². The fourth-order valence-electron chi connectivity index (χ4n) is 1.75. The first kappa shape index (κ1) is 20.0. The zero-order chi connectivity index (χ0) is 15.5. The van der Waals surface area contributed by atoms with Crippen molar-refractivity contribution >= 4 is 29.9 Å². The summed E-state index contributed by atoms with van der Waals surface area (Å²) < 4.78 is 38.1. The van der Waals surface area contributed by atoms with Crippen LogP contribution in [-0.2, 0) is 17.5 Å². The second kappa shape index (κ2) is 7.84. The van der Waals surface area contributed by atoms with Crippen molar-refractivity contribution in [3.8, 4) is 0 Å². The molecule has 0 aliphatic carbocycles. The van der Waals surface area contributed by atoms with Gasteiger partial charge in [-0.3, -0.25) is 9.69 Å². The third-order valence-electron chi connectivity index (χ3n) is 2.84. The standard InChI is InChI=1S/C12H14ClF3N2O2.ClH/c1-18(9(6-19)11(17)20)5-7-3-2-4-8(10(7)13)12(14,15)16;/h2-4,9,19H,5-6H2,1H3,(H2,17,20);1H. The first-order valence-electron chi connectivity index (χ1n) is 5.63. The number of halogens is 5. The first-order valence-corrected chi connectivity index (χ1v) is 6.01. The molecule has 21 heavy (non-hydrogen) atoms. The largest absolute Gasteiger partial charge is 0.417 e. The summed E-state index contributed by atoms with van der Waals surface area (Å²) in [4.78, 5) is 12.4. The maximum Gasteiger partial charge on any atom is 0.417 e. The smallest absolute Gasteiger partial charge is 0.394 e. The summed E-state index contributed by atoms with van der Waals surface area (Å²) in [6.45, 7) is -0.570. The molecule has 4 nitrogen and oxygen atoms in total. The number of nitrogens with zero attached hydrogens (tertiary/aromatic N) is 1. The minimum absolute atomic E-state index is 0. The molecule has 1 rings (SSSR count). The number of hydrogen-bond donors (Lipinski definition) is 2. The van der Waals surface area contributed by atoms with E-state index >= 15 is 0 Å². The molecule has 0 saturated heterocycles. The highest BCUT2D eigenvalue weighted by Crippen LogP contribution is 2.36. The van der Waals surface area contributed by atoms with Gasteiger partial charge in [0.15, 0.2) is 0 Å². The van der Waals surface area contributed by atoms with Gasteiger partial charge in [0.05, 0.1) is 17.2 Å². The first-order chi connectivity index (χ1) is 9.18. The molecule has 0 radical (unpaired) electrons. The Balaban J connectivity index is 0.00000400. The van der Waals surface area contributed by atoms with Gasteiger partial charge in [-0.1, -0.05) is 23.7 Å². The van der Waals surface area contributed by atoms with Gasteiger partial charge in [0.2, 0.25) is 5.91 Å². The molecule has 0 bridgehead atoms. The second-order valence-corrected chi connectivity index (χ2v) is 4.67. The zero-order valence-corrected chi connectivity index (χ0v) is 12.6. The summed E-state index contributed by atoms with van der Waals surface area (Å²) in [5.74, 6) is -0.766. The molecule has 0 aromatic heterocycles. The highest BCUT2D eigenvalue weighted by molar-refractivity contribution is 6.32. The number of primary amides is 1. The predicted octanol–water partition coefficient (Wildman–Crippen LogP) is 2.06. The van der Waals surface area contributed by atoms with Gasteiger partial charge in [0.1, 0.15) is 6.04 Å². The van der Waals surface area contributed by atoms with E-state index in [-0.39, 0.29) is 24.5 Å². The number of carbonyl (C=O) groups excluding carboxylic acids is 1. The topological polar surface area (TPSA) is 66.6 Å². The van der Waals surface area contributed by atoms with E-state index in [1.807, 2.05) is 0 Å². The summed E-state index contributed by atoms with van der Waals surface area (Å²) in [7, 11) is 1.46. The molecule has 0 heterocycles. The summed E-state index contributed by atoms with van der Waals surface area (Å²) in [6.07, 6.45) is -4.55. The molecule has 0 spiro atoms. The van der Waals surface area contributed by atoms with Crippen LogP contribution in [0.2, 0.25) is 5.02 Å². The lowest BCUT2D eigenvalue weighted by Crippen LogP contribution is -2.44. The van der Waals surface area contributed by atoms with E-state index in [2.05, 4.69) is 0 Å². The maximum absolute atomic E-state index is 12.7. The highest BCUT2D eigenvalue weighted by atomic mass is 35.5. The summed E-state index contributed by atoms with van der Waals surface area (Å²) in [5, 5.41) is 8.62. The molecular formula is C12H15Cl2F3N2O2. The summed E-state index contributed by atoms with van der Waals surface area (Å²) in [6, 6.07) is 2.55. The van der Waals surface area contributed by atoms with E-state index in [0.717, 1.165) is 6.07 Å². The zero-order valence-electron chi connectivity index (χ0n) is 11.0. The normalized spacial score (nSPS) is 12.9. The SMILES string of the molecule is CN(Cc1cccc(C(F)(F)F)c1Cl)C(CO)C(N)=O.Cl. The monoisotopic (exact) mass is 346 g/mol. The van der Waals surface area contributed by atoms with Gasteiger partial charge in [-0.15, -0.1) is 12.4 Å². The minimum Gasteiger partial charge on any atom is -0.394 e. The number of rotatable bonds is 5. The van der Waals surface area contributed by atoms with Gasteiger partial charge in [-0.25, -0.2) is 0 Å². The number of likely N-dealkylation sites (N-methyl/N-ethyl adjacent to an activating group) is 1. The lowest BCUT2D eigenvalue weighted by Gasteiger charge is -2.24. The molecule has 1 atom stereocenters. The molecule has 0 aliphatic rings. The fourth-order valence-corrected chi connectivity index (χ4v) is 2.04. The quantitative estimate of drug-likeness (QED) is 0.857. The van der Waals surface area contributed by atoms with Gasteiger partial charge in [0, 0.05) is 6.54 Å². The molecule has 3 N–H and O–H groups in total. The Hall–Kier alpha value is -1.02. The Kier molecular flexibility index (Phi) is 7.46. The molecule has 120 valence electrons. The average Bonchev–Trinajstić information content (AvgIpc) is 2.30. The number of nitrogens with two attached hydrogens (primary N) is 1. The molecule has 1 aromatic carbocycles. The van der Waals surface area contributed by atoms with Gasteiger partial charge in [-0.2, -0.15) is 13.2 Å². The van der Waals surface area contributed by atoms with Crippen molar-refractivity contribution in [3.05, 3.63) is 34.3 Å². The van der Waals surface area contributed by atoms with E-state index in [1.54, 1.807) is 0 Å². The maximum atomic E-state index is 12.7. The Morgan fingerprint density at radius 2 is 2.05 bits per heavy atom. The molecule has 1 aromatic rings. The van der Waals surface area contributed by atoms with Crippen LogP contribution in [0.25, 0.3) is 0 Å². The van der Waals surface area contributed by atoms with Crippen molar-refractivity contribution in [2.45, 2.75) is 18.8 Å². The van der Waals surface area contributed by atoms with Gasteiger partial charge >= 0.3 is 6.18 Å². The third-order valence-corrected chi connectivity index (χ3v) is 3.28. The van der Waals surface area contributed by atoms with Crippen LogP contribution < -0.4 is 5.73 Å². The third kappa shape index (κ3) is 5.03. The number of aliphatic hydroxyl groups excluding tert-OH is 1. The lowest BCUT2D eigenvalue weighted by molar-refractivity contribution is -0.137. The second-order valence-electron chi connectivity index (χ2n) is 4.29. The van der Waals surface area contributed by atoms with Crippen molar-refractivity contribution in [2.75, 3.05) is 13.7 Å². The van der Waals surface area contributed by atoms with Crippen molar-refractivity contribution in [1.82, 2.24) is 4.90 Å². The van der Waals surface area contributed by atoms with E-state index in [4.69, 9.17) is 22.4 Å². The number of aliphatic hydroxyl groups is 1. The number of benzene rings is 1. The van der Waals surface area contributed by atoms with Crippen LogP contribution in [0.3, 0.4) is 0 Å². The van der Waals surface area contributed by atoms with Gasteiger partial charge in [-0.05, 0) is 18.7 Å². The van der Waals surface area contributed by atoms with Crippen molar-refractivity contribution in [3.63, 3.8) is 0 Å². The Bertz CT molecular complexity index is 498.